The summed E-state index contributed by atoms with van der Waals surface area (Å²) in [5.74, 6) is 0.581. The van der Waals surface area contributed by atoms with Crippen molar-refractivity contribution >= 4 is 5.97 Å². The number of hydrogen-bond acceptors (Lipinski definition) is 4. The first-order chi connectivity index (χ1) is 9.35. The maximum atomic E-state index is 12.1. The van der Waals surface area contributed by atoms with Crippen LogP contribution in [0.2, 0.25) is 0 Å². The summed E-state index contributed by atoms with van der Waals surface area (Å²) in [5.41, 5.74) is -0.571. The summed E-state index contributed by atoms with van der Waals surface area (Å²) < 4.78 is 5.21. The SMILES string of the molecule is CCCNC(C)(CCN(C)CCC(C)C)C(=O)OCC. The number of nitrogens with one attached hydrogen (secondary N) is 1. The third-order valence-electron chi connectivity index (χ3n) is 3.57. The van der Waals surface area contributed by atoms with E-state index in [1.54, 1.807) is 0 Å². The fraction of sp³-hybridized carbons (Fsp3) is 0.938. The molecular weight excluding hydrogens is 252 g/mol. The Morgan fingerprint density at radius 3 is 2.45 bits per heavy atom. The third kappa shape index (κ3) is 7.85. The Morgan fingerprint density at radius 2 is 1.95 bits per heavy atom. The predicted octanol–water partition coefficient (Wildman–Crippen LogP) is 2.68. The summed E-state index contributed by atoms with van der Waals surface area (Å²) in [6.45, 7) is 13.6. The van der Waals surface area contributed by atoms with Gasteiger partial charge in [0.05, 0.1) is 6.61 Å². The Bertz CT molecular complexity index is 269. The molecule has 0 aromatic rings. The van der Waals surface area contributed by atoms with Crippen molar-refractivity contribution in [2.24, 2.45) is 5.92 Å². The van der Waals surface area contributed by atoms with E-state index in [1.165, 1.54) is 6.42 Å². The molecule has 0 aromatic carbocycles. The second-order valence-electron chi connectivity index (χ2n) is 6.22. The van der Waals surface area contributed by atoms with E-state index in [4.69, 9.17) is 4.74 Å². The maximum Gasteiger partial charge on any atom is 0.326 e. The fourth-order valence-corrected chi connectivity index (χ4v) is 1.96. The number of rotatable bonds is 11. The van der Waals surface area contributed by atoms with Crippen molar-refractivity contribution in [1.29, 1.82) is 0 Å². The maximum absolute atomic E-state index is 12.1. The zero-order chi connectivity index (χ0) is 15.6. The molecule has 0 rings (SSSR count). The van der Waals surface area contributed by atoms with Gasteiger partial charge in [-0.2, -0.15) is 0 Å². The summed E-state index contributed by atoms with van der Waals surface area (Å²) >= 11 is 0. The van der Waals surface area contributed by atoms with Crippen LogP contribution in [-0.4, -0.2) is 49.7 Å². The van der Waals surface area contributed by atoms with Crippen molar-refractivity contribution in [2.45, 2.75) is 59.4 Å². The second kappa shape index (κ2) is 10.2. The highest BCUT2D eigenvalue weighted by molar-refractivity contribution is 5.80. The molecule has 0 saturated heterocycles. The summed E-state index contributed by atoms with van der Waals surface area (Å²) in [6.07, 6.45) is 2.98. The van der Waals surface area contributed by atoms with Gasteiger partial charge >= 0.3 is 5.97 Å². The monoisotopic (exact) mass is 286 g/mol. The van der Waals surface area contributed by atoms with Crippen molar-refractivity contribution < 1.29 is 9.53 Å². The van der Waals surface area contributed by atoms with Gasteiger partial charge in [-0.25, -0.2) is 0 Å². The van der Waals surface area contributed by atoms with Gasteiger partial charge in [-0.05, 0) is 59.2 Å². The molecule has 0 saturated carbocycles. The lowest BCUT2D eigenvalue weighted by molar-refractivity contribution is -0.151. The van der Waals surface area contributed by atoms with Crippen molar-refractivity contribution in [3.63, 3.8) is 0 Å². The summed E-state index contributed by atoms with van der Waals surface area (Å²) in [5, 5.41) is 3.35. The van der Waals surface area contributed by atoms with E-state index in [1.807, 2.05) is 13.8 Å². The molecule has 4 heteroatoms. The number of nitrogens with zero attached hydrogens (tertiary/aromatic N) is 1. The number of carbonyl (C=O) groups excluding carboxylic acids is 1. The van der Waals surface area contributed by atoms with E-state index in [9.17, 15) is 4.79 Å². The molecule has 0 spiro atoms. The van der Waals surface area contributed by atoms with Crippen molar-refractivity contribution in [3.8, 4) is 0 Å². The van der Waals surface area contributed by atoms with Crippen LogP contribution in [0.5, 0.6) is 0 Å². The summed E-state index contributed by atoms with van der Waals surface area (Å²) in [7, 11) is 2.12. The summed E-state index contributed by atoms with van der Waals surface area (Å²) in [6, 6.07) is 0. The zero-order valence-corrected chi connectivity index (χ0v) is 14.3. The average molecular weight is 286 g/mol. The Hall–Kier alpha value is -0.610. The van der Waals surface area contributed by atoms with Gasteiger partial charge < -0.3 is 15.0 Å². The molecule has 1 N–H and O–H groups in total. The van der Waals surface area contributed by atoms with Gasteiger partial charge in [0.2, 0.25) is 0 Å². The highest BCUT2D eigenvalue weighted by Gasteiger charge is 2.33. The minimum atomic E-state index is -0.571. The van der Waals surface area contributed by atoms with Crippen molar-refractivity contribution in [2.75, 3.05) is 33.3 Å². The zero-order valence-electron chi connectivity index (χ0n) is 14.3. The van der Waals surface area contributed by atoms with Gasteiger partial charge in [-0.1, -0.05) is 20.8 Å². The highest BCUT2D eigenvalue weighted by atomic mass is 16.5. The second-order valence-corrected chi connectivity index (χ2v) is 6.22. The molecule has 0 amide bonds. The van der Waals surface area contributed by atoms with Crippen LogP contribution in [0.4, 0.5) is 0 Å². The Balaban J connectivity index is 4.38. The predicted molar refractivity (Wildman–Crippen MR) is 84.9 cm³/mol. The van der Waals surface area contributed by atoms with Gasteiger partial charge in [0.1, 0.15) is 5.54 Å². The molecule has 1 unspecified atom stereocenters. The van der Waals surface area contributed by atoms with Crippen LogP contribution in [0, 0.1) is 5.92 Å². The van der Waals surface area contributed by atoms with E-state index in [0.29, 0.717) is 12.5 Å². The van der Waals surface area contributed by atoms with E-state index >= 15 is 0 Å². The van der Waals surface area contributed by atoms with Gasteiger partial charge in [-0.15, -0.1) is 0 Å². The Labute approximate surface area is 125 Å². The largest absolute Gasteiger partial charge is 0.465 e. The first-order valence-corrected chi connectivity index (χ1v) is 7.96. The number of ether oxygens (including phenoxy) is 1. The number of esters is 1. The number of carbonyl (C=O) groups is 1. The topological polar surface area (TPSA) is 41.6 Å². The molecule has 0 fully saturated rings. The van der Waals surface area contributed by atoms with Crippen LogP contribution in [0.15, 0.2) is 0 Å². The lowest BCUT2D eigenvalue weighted by atomic mass is 9.97. The molecule has 0 aromatic heterocycles. The molecule has 4 nitrogen and oxygen atoms in total. The van der Waals surface area contributed by atoms with E-state index in [2.05, 4.69) is 38.0 Å². The number of hydrogen-bond donors (Lipinski definition) is 1. The first kappa shape index (κ1) is 19.4. The molecule has 0 aliphatic heterocycles. The van der Waals surface area contributed by atoms with Crippen molar-refractivity contribution in [3.05, 3.63) is 0 Å². The van der Waals surface area contributed by atoms with Gasteiger partial charge in [0, 0.05) is 6.54 Å². The standard InChI is InChI=1S/C16H34N2O2/c1-7-11-17-16(5,15(19)20-8-2)10-13-18(6)12-9-14(3)4/h14,17H,7-13H2,1-6H3. The lowest BCUT2D eigenvalue weighted by Gasteiger charge is -2.30. The molecule has 20 heavy (non-hydrogen) atoms. The quantitative estimate of drug-likeness (QED) is 0.593. The lowest BCUT2D eigenvalue weighted by Crippen LogP contribution is -2.52. The van der Waals surface area contributed by atoms with E-state index in [0.717, 1.165) is 32.5 Å². The fourth-order valence-electron chi connectivity index (χ4n) is 1.96. The molecule has 1 atom stereocenters. The smallest absolute Gasteiger partial charge is 0.326 e. The normalized spacial score (nSPS) is 14.6. The molecule has 0 aliphatic carbocycles. The Kier molecular flexibility index (Phi) is 9.86. The van der Waals surface area contributed by atoms with Crippen molar-refractivity contribution in [1.82, 2.24) is 10.2 Å². The molecule has 0 heterocycles. The highest BCUT2D eigenvalue weighted by Crippen LogP contribution is 2.14. The molecule has 0 bridgehead atoms. The minimum Gasteiger partial charge on any atom is -0.465 e. The van der Waals surface area contributed by atoms with Crippen LogP contribution >= 0.6 is 0 Å². The van der Waals surface area contributed by atoms with Crippen LogP contribution in [0.1, 0.15) is 53.9 Å². The first-order valence-electron chi connectivity index (χ1n) is 7.96. The molecule has 0 aliphatic rings. The molecule has 120 valence electrons. The van der Waals surface area contributed by atoms with Gasteiger partial charge in [0.15, 0.2) is 0 Å². The molecule has 0 radical (unpaired) electrons. The Morgan fingerprint density at radius 1 is 1.30 bits per heavy atom. The third-order valence-corrected chi connectivity index (χ3v) is 3.57. The van der Waals surface area contributed by atoms with Crippen LogP contribution in [-0.2, 0) is 9.53 Å². The summed E-state index contributed by atoms with van der Waals surface area (Å²) in [4.78, 5) is 14.4. The van der Waals surface area contributed by atoms with E-state index < -0.39 is 5.54 Å². The van der Waals surface area contributed by atoms with Gasteiger partial charge in [-0.3, -0.25) is 4.79 Å². The molecular formula is C16H34N2O2. The van der Waals surface area contributed by atoms with Gasteiger partial charge in [0.25, 0.3) is 0 Å². The average Bonchev–Trinajstić information content (AvgIpc) is 2.40. The van der Waals surface area contributed by atoms with Crippen LogP contribution in [0.25, 0.3) is 0 Å². The van der Waals surface area contributed by atoms with Crippen LogP contribution in [0.3, 0.4) is 0 Å². The van der Waals surface area contributed by atoms with Crippen LogP contribution < -0.4 is 5.32 Å². The minimum absolute atomic E-state index is 0.134. The van der Waals surface area contributed by atoms with E-state index in [-0.39, 0.29) is 5.97 Å².